The fraction of sp³-hybridized carbons (Fsp3) is 0.207. The lowest BCUT2D eigenvalue weighted by atomic mass is 9.95. The van der Waals surface area contributed by atoms with E-state index in [0.717, 1.165) is 29.9 Å². The van der Waals surface area contributed by atoms with E-state index < -0.39 is 6.04 Å². The fourth-order valence-corrected chi connectivity index (χ4v) is 4.66. The van der Waals surface area contributed by atoms with Crippen LogP contribution in [0.1, 0.15) is 32.4 Å². The maximum absolute atomic E-state index is 13.5. The second-order valence-electron chi connectivity index (χ2n) is 8.90. The Balaban J connectivity index is 1.54. The van der Waals surface area contributed by atoms with Crippen LogP contribution in [0.15, 0.2) is 90.1 Å². The molecule has 8 heteroatoms. The van der Waals surface area contributed by atoms with Gasteiger partial charge in [-0.15, -0.1) is 5.10 Å². The first-order valence-corrected chi connectivity index (χ1v) is 12.4. The lowest BCUT2D eigenvalue weighted by Crippen LogP contribution is -2.31. The van der Waals surface area contributed by atoms with E-state index in [1.54, 1.807) is 28.9 Å². The average Bonchev–Trinajstić information content (AvgIpc) is 3.33. The molecule has 8 nitrogen and oxygen atoms in total. The van der Waals surface area contributed by atoms with Gasteiger partial charge in [-0.3, -0.25) is 4.79 Å². The van der Waals surface area contributed by atoms with E-state index in [1.165, 1.54) is 0 Å². The summed E-state index contributed by atoms with van der Waals surface area (Å²) in [5.41, 5.74) is 4.76. The van der Waals surface area contributed by atoms with Crippen molar-refractivity contribution in [1.82, 2.24) is 14.8 Å². The van der Waals surface area contributed by atoms with Crippen molar-refractivity contribution in [1.29, 1.82) is 0 Å². The van der Waals surface area contributed by atoms with Crippen LogP contribution in [-0.2, 0) is 4.79 Å². The van der Waals surface area contributed by atoms with Crippen LogP contribution in [0.3, 0.4) is 0 Å². The van der Waals surface area contributed by atoms with Crippen molar-refractivity contribution >= 4 is 23.2 Å². The van der Waals surface area contributed by atoms with Crippen molar-refractivity contribution in [2.75, 3.05) is 28.6 Å². The summed E-state index contributed by atoms with van der Waals surface area (Å²) in [7, 11) is 0. The Morgan fingerprint density at radius 2 is 1.68 bits per heavy atom. The fourth-order valence-electron chi connectivity index (χ4n) is 4.66. The summed E-state index contributed by atoms with van der Waals surface area (Å²) in [6.45, 7) is 8.01. The van der Waals surface area contributed by atoms with Crippen LogP contribution in [0.25, 0.3) is 11.4 Å². The van der Waals surface area contributed by atoms with Crippen molar-refractivity contribution in [3.8, 4) is 17.1 Å². The minimum Gasteiger partial charge on any atom is -0.508 e. The maximum Gasteiger partial charge on any atom is 0.255 e. The van der Waals surface area contributed by atoms with E-state index in [4.69, 9.17) is 10.1 Å². The average molecular weight is 495 g/mol. The number of fused-ring (bicyclic) bond motifs is 1. The molecule has 1 unspecified atom stereocenters. The lowest BCUT2D eigenvalue weighted by molar-refractivity contribution is -0.113. The molecule has 1 amide bonds. The quantitative estimate of drug-likeness (QED) is 0.317. The Morgan fingerprint density at radius 1 is 1.00 bits per heavy atom. The Morgan fingerprint density at radius 3 is 2.32 bits per heavy atom. The van der Waals surface area contributed by atoms with Gasteiger partial charge < -0.3 is 20.6 Å². The number of hydrogen-bond acceptors (Lipinski definition) is 6. The first-order valence-electron chi connectivity index (χ1n) is 12.4. The van der Waals surface area contributed by atoms with Gasteiger partial charge in [0.15, 0.2) is 5.82 Å². The lowest BCUT2D eigenvalue weighted by Gasteiger charge is -2.28. The standard InChI is InChI=1S/C29H30N6O2/c1-4-34(5-2)23-15-11-21(12-16-23)27-32-29-30-19(3)25(28(37)31-22-9-7-6-8-10-22)26(35(29)33-27)20-13-17-24(36)18-14-20/h6-18,26,36H,4-5H2,1-3H3,(H,31,37)(H,30,32,33). The van der Waals surface area contributed by atoms with Gasteiger partial charge >= 0.3 is 0 Å². The zero-order chi connectivity index (χ0) is 25.9. The number of benzene rings is 3. The van der Waals surface area contributed by atoms with E-state index in [1.807, 2.05) is 49.4 Å². The molecule has 1 aromatic heterocycles. The minimum absolute atomic E-state index is 0.154. The van der Waals surface area contributed by atoms with Crippen LogP contribution in [0.4, 0.5) is 17.3 Å². The van der Waals surface area contributed by atoms with Crippen molar-refractivity contribution in [2.24, 2.45) is 0 Å². The largest absolute Gasteiger partial charge is 0.508 e. The van der Waals surface area contributed by atoms with E-state index >= 15 is 0 Å². The number of nitrogens with zero attached hydrogens (tertiary/aromatic N) is 4. The number of carbonyl (C=O) groups is 1. The highest BCUT2D eigenvalue weighted by Gasteiger charge is 2.34. The number of anilines is 3. The van der Waals surface area contributed by atoms with Gasteiger partial charge in [0, 0.05) is 35.7 Å². The zero-order valence-electron chi connectivity index (χ0n) is 21.1. The van der Waals surface area contributed by atoms with Gasteiger partial charge in [0.1, 0.15) is 11.8 Å². The monoisotopic (exact) mass is 494 g/mol. The van der Waals surface area contributed by atoms with Crippen LogP contribution in [0, 0.1) is 0 Å². The predicted molar refractivity (Wildman–Crippen MR) is 147 cm³/mol. The molecule has 0 spiro atoms. The molecule has 188 valence electrons. The van der Waals surface area contributed by atoms with Crippen LogP contribution >= 0.6 is 0 Å². The second kappa shape index (κ2) is 10.2. The van der Waals surface area contributed by atoms with Gasteiger partial charge in [-0.05, 0) is 74.9 Å². The number of allylic oxidation sites excluding steroid dienone is 1. The van der Waals surface area contributed by atoms with E-state index in [9.17, 15) is 9.90 Å². The number of phenolic OH excluding ortho intramolecular Hbond substituents is 1. The molecule has 4 aromatic rings. The number of rotatable bonds is 7. The molecule has 37 heavy (non-hydrogen) atoms. The molecule has 0 fully saturated rings. The number of aromatic nitrogens is 3. The van der Waals surface area contributed by atoms with Gasteiger partial charge in [-0.1, -0.05) is 30.3 Å². The Kier molecular flexibility index (Phi) is 6.64. The summed E-state index contributed by atoms with van der Waals surface area (Å²) >= 11 is 0. The molecular formula is C29H30N6O2. The van der Waals surface area contributed by atoms with Gasteiger partial charge in [0.2, 0.25) is 5.95 Å². The van der Waals surface area contributed by atoms with Crippen molar-refractivity contribution < 1.29 is 9.90 Å². The molecule has 0 radical (unpaired) electrons. The minimum atomic E-state index is -0.531. The third-order valence-corrected chi connectivity index (χ3v) is 6.59. The number of hydrogen-bond donors (Lipinski definition) is 3. The number of carbonyl (C=O) groups excluding carboxylic acids is 1. The summed E-state index contributed by atoms with van der Waals surface area (Å²) in [6, 6.07) is 23.9. The summed E-state index contributed by atoms with van der Waals surface area (Å²) < 4.78 is 1.74. The number of nitrogens with one attached hydrogen (secondary N) is 2. The number of aromatic hydroxyl groups is 1. The molecule has 0 saturated carbocycles. The summed E-state index contributed by atoms with van der Waals surface area (Å²) in [5.74, 6) is 1.03. The predicted octanol–water partition coefficient (Wildman–Crippen LogP) is 5.42. The Hall–Kier alpha value is -4.59. The molecule has 1 aliphatic heterocycles. The van der Waals surface area contributed by atoms with Crippen molar-refractivity contribution in [2.45, 2.75) is 26.8 Å². The highest BCUT2D eigenvalue weighted by atomic mass is 16.3. The summed E-state index contributed by atoms with van der Waals surface area (Å²) in [6.07, 6.45) is 0. The third kappa shape index (κ3) is 4.78. The molecule has 0 bridgehead atoms. The van der Waals surface area contributed by atoms with E-state index in [-0.39, 0.29) is 11.7 Å². The molecular weight excluding hydrogens is 464 g/mol. The topological polar surface area (TPSA) is 95.3 Å². The SMILES string of the molecule is CCN(CC)c1ccc(-c2nc3n(n2)C(c2ccc(O)cc2)C(C(=O)Nc2ccccc2)=C(C)N3)cc1. The van der Waals surface area contributed by atoms with Crippen LogP contribution in [-0.4, -0.2) is 38.9 Å². The third-order valence-electron chi connectivity index (χ3n) is 6.59. The highest BCUT2D eigenvalue weighted by Crippen LogP contribution is 2.37. The van der Waals surface area contributed by atoms with Gasteiger partial charge in [0.25, 0.3) is 5.91 Å². The number of phenols is 1. The van der Waals surface area contributed by atoms with Crippen LogP contribution < -0.4 is 15.5 Å². The Labute approximate surface area is 216 Å². The molecule has 3 aromatic carbocycles. The summed E-state index contributed by atoms with van der Waals surface area (Å²) in [5, 5.41) is 21.0. The molecule has 1 aliphatic rings. The smallest absolute Gasteiger partial charge is 0.255 e. The molecule has 2 heterocycles. The zero-order valence-corrected chi connectivity index (χ0v) is 21.1. The second-order valence-corrected chi connectivity index (χ2v) is 8.90. The summed E-state index contributed by atoms with van der Waals surface area (Å²) in [4.78, 5) is 20.6. The van der Waals surface area contributed by atoms with E-state index in [0.29, 0.717) is 28.7 Å². The van der Waals surface area contributed by atoms with Crippen LogP contribution in [0.5, 0.6) is 5.75 Å². The van der Waals surface area contributed by atoms with Crippen molar-refractivity contribution in [3.63, 3.8) is 0 Å². The number of amides is 1. The van der Waals surface area contributed by atoms with Gasteiger partial charge in [0.05, 0.1) is 5.57 Å². The molecule has 1 atom stereocenters. The normalized spacial score (nSPS) is 14.6. The first-order chi connectivity index (χ1) is 18.0. The van der Waals surface area contributed by atoms with E-state index in [2.05, 4.69) is 41.5 Å². The molecule has 0 aliphatic carbocycles. The Bertz CT molecular complexity index is 1420. The maximum atomic E-state index is 13.5. The molecule has 3 N–H and O–H groups in total. The van der Waals surface area contributed by atoms with Gasteiger partial charge in [-0.2, -0.15) is 4.98 Å². The first kappa shape index (κ1) is 24.1. The van der Waals surface area contributed by atoms with Crippen molar-refractivity contribution in [3.05, 3.63) is 95.7 Å². The molecule has 0 saturated heterocycles. The number of para-hydroxylation sites is 1. The molecule has 5 rings (SSSR count). The van der Waals surface area contributed by atoms with Crippen LogP contribution in [0.2, 0.25) is 0 Å². The van der Waals surface area contributed by atoms with Gasteiger partial charge in [-0.25, -0.2) is 4.68 Å². The highest BCUT2D eigenvalue weighted by molar-refractivity contribution is 6.06.